The molecule has 192 valence electrons. The lowest BCUT2D eigenvalue weighted by Crippen LogP contribution is -2.28. The van der Waals surface area contributed by atoms with Gasteiger partial charge in [0.15, 0.2) is 0 Å². The summed E-state index contributed by atoms with van der Waals surface area (Å²) in [6.07, 6.45) is -0.480. The third-order valence-corrected chi connectivity index (χ3v) is 4.39. The molecule has 0 radical (unpaired) electrons. The smallest absolute Gasteiger partial charge is 0.407 e. The first-order valence-electron chi connectivity index (χ1n) is 11.3. The lowest BCUT2D eigenvalue weighted by molar-refractivity contribution is -0.384. The van der Waals surface area contributed by atoms with Crippen LogP contribution in [0.4, 0.5) is 10.5 Å². The molecule has 0 unspecified atom stereocenters. The zero-order valence-corrected chi connectivity index (χ0v) is 19.6. The molecule has 0 aliphatic rings. The Balaban J connectivity index is 1.28. The van der Waals surface area contributed by atoms with E-state index in [1.165, 1.54) is 12.1 Å². The average molecular weight is 493 g/mol. The number of non-ortho nitro benzene ring substituents is 1. The van der Waals surface area contributed by atoms with Crippen molar-refractivity contribution in [1.29, 1.82) is 0 Å². The third-order valence-electron chi connectivity index (χ3n) is 4.39. The van der Waals surface area contributed by atoms with E-state index in [-0.39, 0.29) is 12.3 Å². The van der Waals surface area contributed by atoms with E-state index >= 15 is 0 Å². The number of rotatable bonds is 19. The number of hydrogen-bond acceptors (Lipinski definition) is 9. The molecule has 0 heterocycles. The summed E-state index contributed by atoms with van der Waals surface area (Å²) in [5.74, 6) is 0.550. The van der Waals surface area contributed by atoms with Crippen molar-refractivity contribution in [2.45, 2.75) is 6.61 Å². The molecule has 0 aliphatic heterocycles. The van der Waals surface area contributed by atoms with Gasteiger partial charge < -0.3 is 33.7 Å². The van der Waals surface area contributed by atoms with Crippen molar-refractivity contribution in [3.63, 3.8) is 0 Å². The minimum atomic E-state index is -0.480. The van der Waals surface area contributed by atoms with Gasteiger partial charge in [-0.15, -0.1) is 0 Å². The zero-order valence-electron chi connectivity index (χ0n) is 19.6. The number of nitrogens with zero attached hydrogens (tertiary/aromatic N) is 1. The Kier molecular flexibility index (Phi) is 14.5. The number of hydrogen-bond donors (Lipinski definition) is 1. The van der Waals surface area contributed by atoms with Crippen molar-refractivity contribution in [1.82, 2.24) is 5.32 Å². The Labute approximate surface area is 204 Å². The lowest BCUT2D eigenvalue weighted by atomic mass is 10.2. The molecule has 11 nitrogen and oxygen atoms in total. The first-order valence-corrected chi connectivity index (χ1v) is 11.3. The average Bonchev–Trinajstić information content (AvgIpc) is 2.88. The number of alkyl carbamates (subject to hydrolysis) is 1. The maximum atomic E-state index is 11.6. The summed E-state index contributed by atoms with van der Waals surface area (Å²) in [6.45, 7) is 4.26. The minimum absolute atomic E-state index is 0.0218. The number of carbonyl (C=O) groups excluding carboxylic acids is 1. The Bertz CT molecular complexity index is 835. The SMILES string of the molecule is O=C(NCCOCCOCCOCCOCCOc1ccc([N+](=O)[O-])cc1)OCc1ccccc1. The number of amides is 1. The molecule has 0 aromatic heterocycles. The summed E-state index contributed by atoms with van der Waals surface area (Å²) in [6, 6.07) is 15.3. The van der Waals surface area contributed by atoms with Crippen LogP contribution in [0.2, 0.25) is 0 Å². The largest absolute Gasteiger partial charge is 0.491 e. The standard InChI is InChI=1S/C24H32N2O9/c27-24(35-20-21-4-2-1-3-5-21)25-10-11-30-12-13-31-14-15-32-16-17-33-18-19-34-23-8-6-22(7-9-23)26(28)29/h1-9H,10-20H2,(H,25,27). The number of ether oxygens (including phenoxy) is 6. The minimum Gasteiger partial charge on any atom is -0.491 e. The second-order valence-corrected chi connectivity index (χ2v) is 7.04. The fourth-order valence-electron chi connectivity index (χ4n) is 2.64. The molecule has 0 saturated heterocycles. The highest BCUT2D eigenvalue weighted by atomic mass is 16.6. The molecule has 1 N–H and O–H groups in total. The summed E-state index contributed by atoms with van der Waals surface area (Å²) in [7, 11) is 0. The van der Waals surface area contributed by atoms with Crippen LogP contribution in [0.15, 0.2) is 54.6 Å². The van der Waals surface area contributed by atoms with Crippen LogP contribution in [0.25, 0.3) is 0 Å². The molecule has 0 atom stereocenters. The quantitative estimate of drug-likeness (QED) is 0.179. The van der Waals surface area contributed by atoms with Crippen LogP contribution in [-0.2, 0) is 30.3 Å². The van der Waals surface area contributed by atoms with Gasteiger partial charge in [0.05, 0.1) is 57.8 Å². The summed E-state index contributed by atoms with van der Waals surface area (Å²) < 4.78 is 32.1. The third kappa shape index (κ3) is 13.9. The summed E-state index contributed by atoms with van der Waals surface area (Å²) in [4.78, 5) is 21.7. The van der Waals surface area contributed by atoms with Crippen molar-refractivity contribution < 1.29 is 38.1 Å². The van der Waals surface area contributed by atoms with Gasteiger partial charge in [-0.2, -0.15) is 0 Å². The van der Waals surface area contributed by atoms with E-state index in [4.69, 9.17) is 28.4 Å². The molecule has 35 heavy (non-hydrogen) atoms. The van der Waals surface area contributed by atoms with Crippen LogP contribution in [0.1, 0.15) is 5.56 Å². The Morgan fingerprint density at radius 3 is 1.86 bits per heavy atom. The molecular formula is C24H32N2O9. The molecular weight excluding hydrogens is 460 g/mol. The predicted molar refractivity (Wildman–Crippen MR) is 126 cm³/mol. The van der Waals surface area contributed by atoms with Gasteiger partial charge in [0.2, 0.25) is 0 Å². The number of carbonyl (C=O) groups is 1. The number of benzene rings is 2. The van der Waals surface area contributed by atoms with Gasteiger partial charge in [-0.25, -0.2) is 4.79 Å². The maximum Gasteiger partial charge on any atom is 0.407 e. The topological polar surface area (TPSA) is 128 Å². The van der Waals surface area contributed by atoms with Crippen LogP contribution >= 0.6 is 0 Å². The van der Waals surface area contributed by atoms with E-state index in [2.05, 4.69) is 5.32 Å². The molecule has 2 rings (SSSR count). The van der Waals surface area contributed by atoms with Crippen molar-refractivity contribution in [2.24, 2.45) is 0 Å². The van der Waals surface area contributed by atoms with Crippen LogP contribution in [0.5, 0.6) is 5.75 Å². The molecule has 0 fully saturated rings. The van der Waals surface area contributed by atoms with Gasteiger partial charge in [-0.1, -0.05) is 30.3 Å². The Morgan fingerprint density at radius 1 is 0.743 bits per heavy atom. The van der Waals surface area contributed by atoms with Gasteiger partial charge in [0.1, 0.15) is 19.0 Å². The van der Waals surface area contributed by atoms with Crippen molar-refractivity contribution in [2.75, 3.05) is 66.0 Å². The van der Waals surface area contributed by atoms with Gasteiger partial charge in [-0.3, -0.25) is 10.1 Å². The van der Waals surface area contributed by atoms with Crippen molar-refractivity contribution in [3.05, 3.63) is 70.3 Å². The number of nitro benzene ring substituents is 1. The van der Waals surface area contributed by atoms with Crippen LogP contribution in [0.3, 0.4) is 0 Å². The second-order valence-electron chi connectivity index (χ2n) is 7.04. The maximum absolute atomic E-state index is 11.6. The van der Waals surface area contributed by atoms with E-state index < -0.39 is 11.0 Å². The summed E-state index contributed by atoms with van der Waals surface area (Å²) >= 11 is 0. The van der Waals surface area contributed by atoms with E-state index in [0.717, 1.165) is 5.56 Å². The highest BCUT2D eigenvalue weighted by Gasteiger charge is 2.04. The zero-order chi connectivity index (χ0) is 25.0. The van der Waals surface area contributed by atoms with Crippen molar-refractivity contribution in [3.8, 4) is 5.75 Å². The van der Waals surface area contributed by atoms with Crippen LogP contribution in [0, 0.1) is 10.1 Å². The number of nitro groups is 1. The normalized spacial score (nSPS) is 10.6. The molecule has 0 spiro atoms. The molecule has 1 amide bonds. The monoisotopic (exact) mass is 492 g/mol. The molecule has 2 aromatic rings. The van der Waals surface area contributed by atoms with Crippen molar-refractivity contribution >= 4 is 11.8 Å². The second kappa shape index (κ2) is 18.1. The fraction of sp³-hybridized carbons (Fsp3) is 0.458. The summed E-state index contributed by atoms with van der Waals surface area (Å²) in [5, 5.41) is 13.2. The molecule has 0 saturated carbocycles. The Hall–Kier alpha value is -3.25. The van der Waals surface area contributed by atoms with Gasteiger partial charge in [0.25, 0.3) is 5.69 Å². The van der Waals surface area contributed by atoms with Gasteiger partial charge in [0, 0.05) is 18.7 Å². The van der Waals surface area contributed by atoms with E-state index in [1.807, 2.05) is 30.3 Å². The van der Waals surface area contributed by atoms with E-state index in [9.17, 15) is 14.9 Å². The van der Waals surface area contributed by atoms with Crippen LogP contribution < -0.4 is 10.1 Å². The highest BCUT2D eigenvalue weighted by Crippen LogP contribution is 2.17. The van der Waals surface area contributed by atoms with Gasteiger partial charge in [-0.05, 0) is 17.7 Å². The molecule has 0 aliphatic carbocycles. The fourth-order valence-corrected chi connectivity index (χ4v) is 2.64. The molecule has 0 bridgehead atoms. The first kappa shape index (κ1) is 28.0. The highest BCUT2D eigenvalue weighted by molar-refractivity contribution is 5.67. The van der Waals surface area contributed by atoms with Gasteiger partial charge >= 0.3 is 6.09 Å². The lowest BCUT2D eigenvalue weighted by Gasteiger charge is -2.09. The predicted octanol–water partition coefficient (Wildman–Crippen LogP) is 2.97. The number of nitrogens with one attached hydrogen (secondary N) is 1. The van der Waals surface area contributed by atoms with E-state index in [0.29, 0.717) is 71.8 Å². The Morgan fingerprint density at radius 2 is 1.29 bits per heavy atom. The first-order chi connectivity index (χ1) is 17.1. The van der Waals surface area contributed by atoms with E-state index in [1.54, 1.807) is 12.1 Å². The van der Waals surface area contributed by atoms with Crippen LogP contribution in [-0.4, -0.2) is 77.0 Å². The molecule has 11 heteroatoms. The summed E-state index contributed by atoms with van der Waals surface area (Å²) in [5.41, 5.74) is 0.951. The molecule has 2 aromatic carbocycles.